The molecular weight excluding hydrogens is 268 g/mol. The van der Waals surface area contributed by atoms with Crippen LogP contribution in [0, 0.1) is 10.1 Å². The Balaban J connectivity index is 0.000000637. The minimum Gasteiger partial charge on any atom is -0.507 e. The number of halogens is 1. The molecule has 0 atom stereocenters. The van der Waals surface area contributed by atoms with E-state index in [1.165, 1.54) is 12.4 Å². The molecule has 1 heterocycles. The zero-order valence-electron chi connectivity index (χ0n) is 10.3. The summed E-state index contributed by atoms with van der Waals surface area (Å²) < 4.78 is 0. The lowest BCUT2D eigenvalue weighted by molar-refractivity contribution is -0.383. The molecule has 0 radical (unpaired) electrons. The van der Waals surface area contributed by atoms with E-state index in [2.05, 4.69) is 16.9 Å². The highest BCUT2D eigenvalue weighted by molar-refractivity contribution is 6.15. The molecule has 1 aliphatic rings. The number of non-ortho nitro benzene ring substituents is 1. The first-order valence-electron chi connectivity index (χ1n) is 5.72. The summed E-state index contributed by atoms with van der Waals surface area (Å²) in [5, 5.41) is 25.1. The number of alkyl halides is 1. The molecule has 5 nitrogen and oxygen atoms in total. The third kappa shape index (κ3) is 2.17. The van der Waals surface area contributed by atoms with Gasteiger partial charge in [-0.3, -0.25) is 10.1 Å². The Bertz CT molecular complexity index is 643. The van der Waals surface area contributed by atoms with Crippen molar-refractivity contribution in [1.29, 1.82) is 0 Å². The maximum absolute atomic E-state index is 11.0. The number of benzene rings is 2. The highest BCUT2D eigenvalue weighted by Crippen LogP contribution is 2.40. The van der Waals surface area contributed by atoms with E-state index in [-0.39, 0.29) is 11.4 Å². The Morgan fingerprint density at radius 3 is 2.84 bits per heavy atom. The third-order valence-electron chi connectivity index (χ3n) is 3.11. The second-order valence-corrected chi connectivity index (χ2v) is 4.06. The van der Waals surface area contributed by atoms with Crippen LogP contribution in [0.3, 0.4) is 0 Å². The van der Waals surface area contributed by atoms with Crippen molar-refractivity contribution in [3.05, 3.63) is 39.9 Å². The van der Waals surface area contributed by atoms with Crippen LogP contribution in [0.5, 0.6) is 5.75 Å². The van der Waals surface area contributed by atoms with Crippen LogP contribution in [0.1, 0.15) is 5.56 Å². The third-order valence-corrected chi connectivity index (χ3v) is 3.11. The largest absolute Gasteiger partial charge is 0.507 e. The van der Waals surface area contributed by atoms with Crippen LogP contribution < -0.4 is 5.32 Å². The van der Waals surface area contributed by atoms with Gasteiger partial charge in [0.15, 0.2) is 0 Å². The maximum Gasteiger partial charge on any atom is 0.277 e. The van der Waals surface area contributed by atoms with Crippen molar-refractivity contribution in [2.24, 2.45) is 0 Å². The lowest BCUT2D eigenvalue weighted by Gasteiger charge is -2.07. The van der Waals surface area contributed by atoms with E-state index in [1.807, 2.05) is 0 Å². The van der Waals surface area contributed by atoms with Gasteiger partial charge in [0, 0.05) is 36.1 Å². The number of hydrogen-bond donors (Lipinski definition) is 2. The monoisotopic (exact) mass is 280 g/mol. The van der Waals surface area contributed by atoms with Crippen LogP contribution in [0.15, 0.2) is 24.3 Å². The average Bonchev–Trinajstić information content (AvgIpc) is 2.88. The number of phenolic OH excluding ortho intramolecular Hbond substituents is 1. The lowest BCUT2D eigenvalue weighted by atomic mass is 10.00. The van der Waals surface area contributed by atoms with Gasteiger partial charge in [0.2, 0.25) is 0 Å². The molecule has 2 aromatic carbocycles. The van der Waals surface area contributed by atoms with Gasteiger partial charge >= 0.3 is 0 Å². The number of nitrogens with one attached hydrogen (secondary N) is 1. The van der Waals surface area contributed by atoms with Gasteiger partial charge in [-0.25, -0.2) is 0 Å². The zero-order chi connectivity index (χ0) is 14.0. The molecule has 19 heavy (non-hydrogen) atoms. The fraction of sp³-hybridized carbons (Fsp3) is 0.231. The van der Waals surface area contributed by atoms with Crippen molar-refractivity contribution in [1.82, 2.24) is 0 Å². The van der Waals surface area contributed by atoms with Gasteiger partial charge in [-0.2, -0.15) is 0 Å². The van der Waals surface area contributed by atoms with E-state index >= 15 is 0 Å². The fourth-order valence-electron chi connectivity index (χ4n) is 2.40. The molecule has 3 rings (SSSR count). The summed E-state index contributed by atoms with van der Waals surface area (Å²) in [4.78, 5) is 10.6. The number of hydrogen-bond acceptors (Lipinski definition) is 4. The molecular formula is C13H13ClN2O3. The van der Waals surface area contributed by atoms with Gasteiger partial charge in [-0.1, -0.05) is 12.1 Å². The first-order valence-corrected chi connectivity index (χ1v) is 6.47. The van der Waals surface area contributed by atoms with Gasteiger partial charge in [0.1, 0.15) is 5.75 Å². The Kier molecular flexibility index (Phi) is 3.76. The molecule has 2 aromatic rings. The van der Waals surface area contributed by atoms with Crippen molar-refractivity contribution >= 4 is 33.7 Å². The molecule has 0 saturated carbocycles. The number of anilines is 1. The highest BCUT2D eigenvalue weighted by Gasteiger charge is 2.22. The van der Waals surface area contributed by atoms with Crippen molar-refractivity contribution in [3.63, 3.8) is 0 Å². The summed E-state index contributed by atoms with van der Waals surface area (Å²) in [6.45, 7) is 0.750. The Morgan fingerprint density at radius 1 is 1.42 bits per heavy atom. The maximum atomic E-state index is 11.0. The molecule has 0 bridgehead atoms. The predicted octanol–water partition coefficient (Wildman–Crippen LogP) is 3.28. The minimum atomic E-state index is -0.402. The zero-order valence-corrected chi connectivity index (χ0v) is 11.1. The van der Waals surface area contributed by atoms with Crippen LogP contribution in [-0.4, -0.2) is 23.0 Å². The first-order chi connectivity index (χ1) is 9.18. The van der Waals surface area contributed by atoms with E-state index in [0.717, 1.165) is 24.2 Å². The number of aromatic hydroxyl groups is 1. The molecule has 0 unspecified atom stereocenters. The number of rotatable bonds is 1. The molecule has 0 aliphatic carbocycles. The number of nitro groups is 1. The quantitative estimate of drug-likeness (QED) is 0.477. The Morgan fingerprint density at radius 2 is 2.16 bits per heavy atom. The molecule has 0 aromatic heterocycles. The van der Waals surface area contributed by atoms with E-state index in [1.54, 1.807) is 18.2 Å². The Labute approximate surface area is 115 Å². The van der Waals surface area contributed by atoms with E-state index in [0.29, 0.717) is 10.8 Å². The van der Waals surface area contributed by atoms with Gasteiger partial charge in [-0.05, 0) is 12.0 Å². The average molecular weight is 281 g/mol. The molecule has 6 heteroatoms. The van der Waals surface area contributed by atoms with Crippen molar-refractivity contribution in [2.45, 2.75) is 6.42 Å². The summed E-state index contributed by atoms with van der Waals surface area (Å²) in [6, 6.07) is 6.40. The minimum absolute atomic E-state index is 0.0540. The lowest BCUT2D eigenvalue weighted by Crippen LogP contribution is -1.92. The fourth-order valence-corrected chi connectivity index (χ4v) is 2.40. The topological polar surface area (TPSA) is 75.4 Å². The molecule has 0 amide bonds. The summed E-state index contributed by atoms with van der Waals surface area (Å²) in [7, 11) is 0. The Hall–Kier alpha value is -2.01. The molecule has 100 valence electrons. The standard InChI is InChI=1S/C12H10N2O3.CH3Cl/c15-11-6-9-7(4-5-13-9)12-8(11)2-1-3-10(12)14(16)17;1-2/h1-3,6,13,15H,4-5H2;1H3. The highest BCUT2D eigenvalue weighted by atomic mass is 35.5. The number of phenols is 1. The van der Waals surface area contributed by atoms with E-state index < -0.39 is 4.92 Å². The first kappa shape index (κ1) is 13.4. The van der Waals surface area contributed by atoms with Crippen molar-refractivity contribution < 1.29 is 10.0 Å². The van der Waals surface area contributed by atoms with Gasteiger partial charge < -0.3 is 10.4 Å². The SMILES string of the molecule is CCl.O=[N+]([O-])c1cccc2c(O)cc3c(c12)CCN3. The van der Waals surface area contributed by atoms with Crippen LogP contribution in [0.25, 0.3) is 10.8 Å². The van der Waals surface area contributed by atoms with Crippen molar-refractivity contribution in [2.75, 3.05) is 18.2 Å². The second kappa shape index (κ2) is 5.32. The number of nitrogens with zero attached hydrogens (tertiary/aromatic N) is 1. The summed E-state index contributed by atoms with van der Waals surface area (Å²) in [6.07, 6.45) is 2.22. The molecule has 0 spiro atoms. The van der Waals surface area contributed by atoms with Gasteiger partial charge in [-0.15, -0.1) is 11.6 Å². The molecule has 0 saturated heterocycles. The van der Waals surface area contributed by atoms with E-state index in [4.69, 9.17) is 0 Å². The molecule has 1 aliphatic heterocycles. The summed E-state index contributed by atoms with van der Waals surface area (Å²) >= 11 is 4.64. The van der Waals surface area contributed by atoms with Crippen LogP contribution in [0.4, 0.5) is 11.4 Å². The smallest absolute Gasteiger partial charge is 0.277 e. The molecule has 0 fully saturated rings. The predicted molar refractivity (Wildman–Crippen MR) is 76.2 cm³/mol. The van der Waals surface area contributed by atoms with Crippen LogP contribution >= 0.6 is 11.6 Å². The van der Waals surface area contributed by atoms with Crippen LogP contribution in [0.2, 0.25) is 0 Å². The second-order valence-electron chi connectivity index (χ2n) is 4.06. The van der Waals surface area contributed by atoms with Crippen molar-refractivity contribution in [3.8, 4) is 5.75 Å². The number of fused-ring (bicyclic) bond motifs is 3. The normalized spacial score (nSPS) is 12.3. The van der Waals surface area contributed by atoms with Gasteiger partial charge in [0.25, 0.3) is 5.69 Å². The van der Waals surface area contributed by atoms with E-state index in [9.17, 15) is 15.2 Å². The molecule has 2 N–H and O–H groups in total. The summed E-state index contributed by atoms with van der Waals surface area (Å²) in [5.41, 5.74) is 1.77. The van der Waals surface area contributed by atoms with Crippen LogP contribution in [-0.2, 0) is 6.42 Å². The van der Waals surface area contributed by atoms with Gasteiger partial charge in [0.05, 0.1) is 10.3 Å². The summed E-state index contributed by atoms with van der Waals surface area (Å²) in [5.74, 6) is 0.0804. The number of nitro benzene ring substituents is 1.